The molecule has 0 radical (unpaired) electrons. The van der Waals surface area contributed by atoms with E-state index in [1.807, 2.05) is 11.0 Å². The van der Waals surface area contributed by atoms with E-state index in [-0.39, 0.29) is 17.7 Å². The van der Waals surface area contributed by atoms with Crippen molar-refractivity contribution in [2.24, 2.45) is 5.92 Å². The number of amides is 2. The van der Waals surface area contributed by atoms with Gasteiger partial charge in [-0.1, -0.05) is 0 Å². The number of likely N-dealkylation sites (tertiary alicyclic amines) is 1. The van der Waals surface area contributed by atoms with Gasteiger partial charge < -0.3 is 20.3 Å². The van der Waals surface area contributed by atoms with Crippen molar-refractivity contribution in [3.63, 3.8) is 0 Å². The number of aromatic nitrogens is 3. The van der Waals surface area contributed by atoms with Gasteiger partial charge in [0, 0.05) is 43.0 Å². The van der Waals surface area contributed by atoms with Crippen molar-refractivity contribution in [3.05, 3.63) is 48.3 Å². The van der Waals surface area contributed by atoms with Crippen molar-refractivity contribution in [1.82, 2.24) is 25.2 Å². The first-order valence-corrected chi connectivity index (χ1v) is 10.3. The zero-order valence-corrected chi connectivity index (χ0v) is 16.3. The predicted molar refractivity (Wildman–Crippen MR) is 106 cm³/mol. The van der Waals surface area contributed by atoms with Crippen LogP contribution in [0.5, 0.6) is 0 Å². The number of nitrogens with zero attached hydrogens (tertiary/aromatic N) is 3. The van der Waals surface area contributed by atoms with Gasteiger partial charge in [0.05, 0.1) is 12.1 Å². The molecule has 0 unspecified atom stereocenters. The second kappa shape index (κ2) is 8.73. The Hall–Kier alpha value is -2.74. The second-order valence-electron chi connectivity index (χ2n) is 7.97. The van der Waals surface area contributed by atoms with Crippen LogP contribution in [0.15, 0.2) is 36.9 Å². The fourth-order valence-electron chi connectivity index (χ4n) is 4.45. The maximum atomic E-state index is 13.1. The van der Waals surface area contributed by atoms with Crippen molar-refractivity contribution >= 4 is 11.8 Å². The molecule has 0 aromatic carbocycles. The molecule has 0 spiro atoms. The Morgan fingerprint density at radius 2 is 2.00 bits per heavy atom. The molecule has 3 N–H and O–H groups in total. The standard InChI is InChI=1S/C21H27N5O3/c27-19-4-3-15(12-18(19)25-20(28)17-2-1-8-23-17)21(29)26-10-6-14(7-11-26)16-5-9-22-13-24-16/h1-2,5,8-9,13-15,18-19,23,27H,3-4,6-7,10-12H2,(H,25,28)/t15-,18+,19+/m0/s1. The van der Waals surface area contributed by atoms with Crippen LogP contribution in [0.1, 0.15) is 54.2 Å². The van der Waals surface area contributed by atoms with Crippen LogP contribution in [0.4, 0.5) is 0 Å². The number of carbonyl (C=O) groups is 2. The number of nitrogens with one attached hydrogen (secondary N) is 2. The molecule has 2 aliphatic rings. The third-order valence-electron chi connectivity index (χ3n) is 6.15. The first-order chi connectivity index (χ1) is 14.1. The van der Waals surface area contributed by atoms with Gasteiger partial charge in [-0.25, -0.2) is 9.97 Å². The minimum Gasteiger partial charge on any atom is -0.391 e. The summed E-state index contributed by atoms with van der Waals surface area (Å²) in [5.74, 6) is 0.0842. The fraction of sp³-hybridized carbons (Fsp3) is 0.524. The molecular weight excluding hydrogens is 370 g/mol. The molecule has 4 rings (SSSR count). The Bertz CT molecular complexity index is 818. The highest BCUT2D eigenvalue weighted by molar-refractivity contribution is 5.92. The number of piperidine rings is 1. The minimum absolute atomic E-state index is 0.136. The molecule has 1 saturated heterocycles. The molecule has 1 saturated carbocycles. The topological polar surface area (TPSA) is 111 Å². The van der Waals surface area contributed by atoms with Crippen LogP contribution in [0.3, 0.4) is 0 Å². The molecule has 0 bridgehead atoms. The van der Waals surface area contributed by atoms with Crippen LogP contribution >= 0.6 is 0 Å². The molecule has 1 aliphatic heterocycles. The Balaban J connectivity index is 1.32. The molecule has 154 valence electrons. The van der Waals surface area contributed by atoms with E-state index in [0.717, 1.165) is 18.5 Å². The van der Waals surface area contributed by atoms with Gasteiger partial charge in [0.15, 0.2) is 0 Å². The first kappa shape index (κ1) is 19.6. The van der Waals surface area contributed by atoms with E-state index in [1.165, 1.54) is 0 Å². The average molecular weight is 397 g/mol. The van der Waals surface area contributed by atoms with Crippen molar-refractivity contribution in [2.45, 2.75) is 50.2 Å². The van der Waals surface area contributed by atoms with Crippen molar-refractivity contribution < 1.29 is 14.7 Å². The molecule has 3 heterocycles. The van der Waals surface area contributed by atoms with E-state index in [0.29, 0.717) is 44.0 Å². The maximum Gasteiger partial charge on any atom is 0.267 e. The third-order valence-corrected chi connectivity index (χ3v) is 6.15. The molecule has 8 heteroatoms. The van der Waals surface area contributed by atoms with Crippen molar-refractivity contribution in [1.29, 1.82) is 0 Å². The monoisotopic (exact) mass is 397 g/mol. The van der Waals surface area contributed by atoms with Crippen LogP contribution in [-0.4, -0.2) is 62.0 Å². The van der Waals surface area contributed by atoms with Crippen molar-refractivity contribution in [3.8, 4) is 0 Å². The summed E-state index contributed by atoms with van der Waals surface area (Å²) in [4.78, 5) is 38.5. The number of aromatic amines is 1. The number of carbonyl (C=O) groups excluding carboxylic acids is 2. The highest BCUT2D eigenvalue weighted by atomic mass is 16.3. The maximum absolute atomic E-state index is 13.1. The lowest BCUT2D eigenvalue weighted by molar-refractivity contribution is -0.138. The van der Waals surface area contributed by atoms with Crippen LogP contribution < -0.4 is 5.32 Å². The number of rotatable bonds is 4. The van der Waals surface area contributed by atoms with Gasteiger partial charge in [0.1, 0.15) is 12.0 Å². The zero-order valence-electron chi connectivity index (χ0n) is 16.3. The quantitative estimate of drug-likeness (QED) is 0.723. The Morgan fingerprint density at radius 3 is 2.69 bits per heavy atom. The third kappa shape index (κ3) is 4.48. The summed E-state index contributed by atoms with van der Waals surface area (Å²) >= 11 is 0. The average Bonchev–Trinajstić information content (AvgIpc) is 3.31. The summed E-state index contributed by atoms with van der Waals surface area (Å²) in [5, 5.41) is 13.2. The lowest BCUT2D eigenvalue weighted by atomic mass is 9.82. The van der Waals surface area contributed by atoms with Gasteiger partial charge >= 0.3 is 0 Å². The van der Waals surface area contributed by atoms with E-state index < -0.39 is 12.1 Å². The molecule has 3 atom stereocenters. The van der Waals surface area contributed by atoms with Gasteiger partial charge in [0.25, 0.3) is 5.91 Å². The highest BCUT2D eigenvalue weighted by Crippen LogP contribution is 2.31. The number of aliphatic hydroxyl groups excluding tert-OH is 1. The largest absolute Gasteiger partial charge is 0.391 e. The molecule has 2 fully saturated rings. The van der Waals surface area contributed by atoms with Crippen LogP contribution in [0.2, 0.25) is 0 Å². The molecule has 8 nitrogen and oxygen atoms in total. The molecular formula is C21H27N5O3. The smallest absolute Gasteiger partial charge is 0.267 e. The highest BCUT2D eigenvalue weighted by Gasteiger charge is 2.37. The molecule has 1 aliphatic carbocycles. The second-order valence-corrected chi connectivity index (χ2v) is 7.97. The van der Waals surface area contributed by atoms with Crippen LogP contribution in [-0.2, 0) is 4.79 Å². The Kier molecular flexibility index (Phi) is 5.89. The van der Waals surface area contributed by atoms with E-state index in [9.17, 15) is 14.7 Å². The van der Waals surface area contributed by atoms with E-state index in [4.69, 9.17) is 0 Å². The van der Waals surface area contributed by atoms with Crippen LogP contribution in [0, 0.1) is 5.92 Å². The lowest BCUT2D eigenvalue weighted by Gasteiger charge is -2.38. The Morgan fingerprint density at radius 1 is 1.17 bits per heavy atom. The fourth-order valence-corrected chi connectivity index (χ4v) is 4.45. The lowest BCUT2D eigenvalue weighted by Crippen LogP contribution is -2.51. The summed E-state index contributed by atoms with van der Waals surface area (Å²) < 4.78 is 0. The predicted octanol–water partition coefficient (Wildman–Crippen LogP) is 1.47. The van der Waals surface area contributed by atoms with Gasteiger partial charge in [-0.15, -0.1) is 0 Å². The minimum atomic E-state index is -0.624. The van der Waals surface area contributed by atoms with Gasteiger partial charge in [-0.3, -0.25) is 9.59 Å². The summed E-state index contributed by atoms with van der Waals surface area (Å²) in [6.07, 6.45) is 7.82. The SMILES string of the molecule is O=C(N[C@@H]1C[C@@H](C(=O)N2CCC(c3ccncn3)CC2)CC[C@H]1O)c1ccc[nH]1. The number of aliphatic hydroxyl groups is 1. The van der Waals surface area contributed by atoms with E-state index in [1.54, 1.807) is 30.9 Å². The van der Waals surface area contributed by atoms with Crippen LogP contribution in [0.25, 0.3) is 0 Å². The number of H-pyrrole nitrogens is 1. The molecule has 2 amide bonds. The van der Waals surface area contributed by atoms with Gasteiger partial charge in [0.2, 0.25) is 5.91 Å². The summed E-state index contributed by atoms with van der Waals surface area (Å²) in [5.41, 5.74) is 1.50. The summed E-state index contributed by atoms with van der Waals surface area (Å²) in [7, 11) is 0. The van der Waals surface area contributed by atoms with E-state index in [2.05, 4.69) is 20.3 Å². The number of hydrogen-bond donors (Lipinski definition) is 3. The van der Waals surface area contributed by atoms with E-state index >= 15 is 0 Å². The normalized spacial score (nSPS) is 25.6. The summed E-state index contributed by atoms with van der Waals surface area (Å²) in [6.45, 7) is 1.43. The van der Waals surface area contributed by atoms with Crippen molar-refractivity contribution in [2.75, 3.05) is 13.1 Å². The summed E-state index contributed by atoms with van der Waals surface area (Å²) in [6, 6.07) is 4.98. The van der Waals surface area contributed by atoms with Gasteiger partial charge in [-0.05, 0) is 50.3 Å². The number of hydrogen-bond acceptors (Lipinski definition) is 5. The van der Waals surface area contributed by atoms with Gasteiger partial charge in [-0.2, -0.15) is 0 Å². The molecule has 2 aromatic heterocycles. The molecule has 29 heavy (non-hydrogen) atoms. The molecule has 2 aromatic rings. The first-order valence-electron chi connectivity index (χ1n) is 10.3. The Labute approximate surface area is 169 Å². The zero-order chi connectivity index (χ0) is 20.2.